The Hall–Kier alpha value is -3.58. The third-order valence-electron chi connectivity index (χ3n) is 4.06. The van der Waals surface area contributed by atoms with E-state index in [9.17, 15) is 28.8 Å². The second kappa shape index (κ2) is 17.8. The molecule has 13 nitrogen and oxygen atoms in total. The summed E-state index contributed by atoms with van der Waals surface area (Å²) in [6.07, 6.45) is 2.45. The Balaban J connectivity index is 0. The van der Waals surface area contributed by atoms with Crippen molar-refractivity contribution in [2.24, 2.45) is 4.99 Å². The van der Waals surface area contributed by atoms with E-state index in [1.54, 1.807) is 0 Å². The van der Waals surface area contributed by atoms with Crippen LogP contribution in [0.25, 0.3) is 0 Å². The lowest BCUT2D eigenvalue weighted by molar-refractivity contribution is -0.148. The van der Waals surface area contributed by atoms with Crippen molar-refractivity contribution in [3.05, 3.63) is 29.5 Å². The fraction of sp³-hybridized carbons (Fsp3) is 0.429. The number of aliphatic carboxylic acids is 2. The maximum atomic E-state index is 11.1. The Morgan fingerprint density at radius 1 is 0.861 bits per heavy atom. The molecule has 1 aromatic heterocycles. The molecule has 0 spiro atoms. The van der Waals surface area contributed by atoms with E-state index in [1.807, 2.05) is 0 Å². The fourth-order valence-corrected chi connectivity index (χ4v) is 2.28. The van der Waals surface area contributed by atoms with Gasteiger partial charge in [-0.3, -0.25) is 33.8 Å². The van der Waals surface area contributed by atoms with Crippen LogP contribution in [-0.2, 0) is 40.1 Å². The predicted octanol–water partition coefficient (Wildman–Crippen LogP) is 2.08. The summed E-state index contributed by atoms with van der Waals surface area (Å²) in [6.45, 7) is 2.79. The first kappa shape index (κ1) is 34.6. The number of ketones is 2. The average Bonchev–Trinajstić information content (AvgIpc) is 3.43. The van der Waals surface area contributed by atoms with Gasteiger partial charge in [0.2, 0.25) is 0 Å². The molecule has 2 rings (SSSR count). The van der Waals surface area contributed by atoms with Crippen molar-refractivity contribution in [1.82, 2.24) is 9.97 Å². The second-order valence-corrected chi connectivity index (χ2v) is 7.02. The highest BCUT2D eigenvalue weighted by Gasteiger charge is 2.16. The zero-order chi connectivity index (χ0) is 25.7. The van der Waals surface area contributed by atoms with Gasteiger partial charge in [0.15, 0.2) is 17.4 Å². The monoisotopic (exact) mass is 551 g/mol. The van der Waals surface area contributed by atoms with Crippen molar-refractivity contribution < 1.29 is 48.5 Å². The van der Waals surface area contributed by atoms with Gasteiger partial charge < -0.3 is 24.7 Å². The molecule has 3 N–H and O–H groups in total. The number of hydrogen-bond donors (Lipinski definition) is 3. The number of aromatic amines is 1. The van der Waals surface area contributed by atoms with Crippen LogP contribution in [0.3, 0.4) is 0 Å². The number of esters is 2. The molecule has 1 aromatic rings. The Labute approximate surface area is 218 Å². The van der Waals surface area contributed by atoms with Gasteiger partial charge in [0.05, 0.1) is 43.3 Å². The van der Waals surface area contributed by atoms with E-state index in [2.05, 4.69) is 15.0 Å². The van der Waals surface area contributed by atoms with E-state index in [0.29, 0.717) is 17.8 Å². The molecule has 15 heteroatoms. The second-order valence-electron chi connectivity index (χ2n) is 7.02. The quantitative estimate of drug-likeness (QED) is 0.253. The summed E-state index contributed by atoms with van der Waals surface area (Å²) in [5.74, 6) is -3.38. The molecule has 0 aromatic carbocycles. The molecule has 0 bridgehead atoms. The molecule has 0 saturated heterocycles. The van der Waals surface area contributed by atoms with Crippen molar-refractivity contribution in [2.45, 2.75) is 52.6 Å². The third-order valence-corrected chi connectivity index (χ3v) is 4.06. The number of nitrogens with zero attached hydrogens (tertiary/aromatic N) is 2. The number of aromatic nitrogens is 2. The largest absolute Gasteiger partial charge is 0.481 e. The molecule has 0 amide bonds. The zero-order valence-electron chi connectivity index (χ0n) is 19.5. The molecule has 0 atom stereocenters. The summed E-state index contributed by atoms with van der Waals surface area (Å²) in [6, 6.07) is 0. The normalized spacial score (nSPS) is 11.3. The lowest BCUT2D eigenvalue weighted by atomic mass is 10.1. The Bertz CT molecular complexity index is 1020. The minimum absolute atomic E-state index is 0. The van der Waals surface area contributed by atoms with E-state index in [1.165, 1.54) is 26.2 Å². The van der Waals surface area contributed by atoms with Crippen LogP contribution >= 0.6 is 24.8 Å². The molecule has 0 radical (unpaired) electrons. The van der Waals surface area contributed by atoms with Crippen molar-refractivity contribution >= 4 is 66.0 Å². The van der Waals surface area contributed by atoms with Gasteiger partial charge in [0.1, 0.15) is 13.2 Å². The van der Waals surface area contributed by atoms with Crippen LogP contribution in [0.5, 0.6) is 0 Å². The number of carbonyl (C=O) groups excluding carboxylic acids is 4. The molecule has 200 valence electrons. The summed E-state index contributed by atoms with van der Waals surface area (Å²) in [7, 11) is 0. The predicted molar refractivity (Wildman–Crippen MR) is 128 cm³/mol. The Morgan fingerprint density at radius 2 is 1.39 bits per heavy atom. The topological polar surface area (TPSA) is 202 Å². The molecule has 0 unspecified atom stereocenters. The van der Waals surface area contributed by atoms with Crippen LogP contribution in [0.1, 0.15) is 62.3 Å². The van der Waals surface area contributed by atoms with Crippen LogP contribution in [-0.4, -0.2) is 67.9 Å². The number of hydrogen-bond acceptors (Lipinski definition) is 10. The highest BCUT2D eigenvalue weighted by Crippen LogP contribution is 2.13. The maximum Gasteiger partial charge on any atom is 0.306 e. The summed E-state index contributed by atoms with van der Waals surface area (Å²) in [4.78, 5) is 74.8. The number of nitrogens with one attached hydrogen (secondary N) is 1. The molecule has 1 aliphatic heterocycles. The number of rotatable bonds is 12. The summed E-state index contributed by atoms with van der Waals surface area (Å²) < 4.78 is 9.64. The average molecular weight is 552 g/mol. The van der Waals surface area contributed by atoms with Gasteiger partial charge in [-0.05, 0) is 5.57 Å². The number of carboxylic acid groups (broad SMARTS) is 2. The van der Waals surface area contributed by atoms with Gasteiger partial charge in [-0.15, -0.1) is 24.8 Å². The molecular formula is C21H27Cl2N3O10. The molecule has 1 aliphatic rings. The molecule has 0 fully saturated rings. The van der Waals surface area contributed by atoms with E-state index in [4.69, 9.17) is 19.7 Å². The molecular weight excluding hydrogens is 525 g/mol. The number of carboxylic acids is 2. The zero-order valence-corrected chi connectivity index (χ0v) is 21.1. The molecule has 0 saturated carbocycles. The van der Waals surface area contributed by atoms with E-state index in [-0.39, 0.29) is 81.1 Å². The van der Waals surface area contributed by atoms with Crippen molar-refractivity contribution in [3.8, 4) is 0 Å². The molecule has 0 aliphatic carbocycles. The van der Waals surface area contributed by atoms with E-state index in [0.717, 1.165) is 5.57 Å². The van der Waals surface area contributed by atoms with Gasteiger partial charge in [-0.25, -0.2) is 4.98 Å². The first-order valence-corrected chi connectivity index (χ1v) is 10.0. The van der Waals surface area contributed by atoms with Gasteiger partial charge in [0.25, 0.3) is 0 Å². The van der Waals surface area contributed by atoms with Gasteiger partial charge in [0, 0.05) is 26.5 Å². The number of ether oxygens (including phenoxy) is 2. The van der Waals surface area contributed by atoms with Crippen LogP contribution in [0.2, 0.25) is 0 Å². The number of Topliss-reactive ketones (excluding diaryl/α,β-unsaturated/α-hetero) is 2. The number of aliphatic imine (C=N–C) groups is 1. The van der Waals surface area contributed by atoms with Crippen LogP contribution in [0.15, 0.2) is 23.0 Å². The van der Waals surface area contributed by atoms with Gasteiger partial charge in [-0.2, -0.15) is 0 Å². The third kappa shape index (κ3) is 14.6. The number of halogens is 2. The van der Waals surface area contributed by atoms with Crippen molar-refractivity contribution in [3.63, 3.8) is 0 Å². The number of imidazole rings is 1. The lowest BCUT2D eigenvalue weighted by Gasteiger charge is -2.04. The Morgan fingerprint density at radius 3 is 1.81 bits per heavy atom. The van der Waals surface area contributed by atoms with Crippen LogP contribution in [0, 0.1) is 0 Å². The van der Waals surface area contributed by atoms with E-state index >= 15 is 0 Å². The summed E-state index contributed by atoms with van der Waals surface area (Å²) in [5.41, 5.74) is 1.67. The molecule has 2 heterocycles. The van der Waals surface area contributed by atoms with E-state index < -0.39 is 23.9 Å². The van der Waals surface area contributed by atoms with Gasteiger partial charge in [-0.1, -0.05) is 0 Å². The number of carbonyl (C=O) groups is 6. The fourth-order valence-electron chi connectivity index (χ4n) is 2.28. The van der Waals surface area contributed by atoms with Crippen molar-refractivity contribution in [1.29, 1.82) is 0 Å². The lowest BCUT2D eigenvalue weighted by Crippen LogP contribution is -2.12. The van der Waals surface area contributed by atoms with Gasteiger partial charge >= 0.3 is 23.9 Å². The van der Waals surface area contributed by atoms with Crippen LogP contribution in [0.4, 0.5) is 0 Å². The minimum Gasteiger partial charge on any atom is -0.481 e. The first-order chi connectivity index (χ1) is 16.0. The summed E-state index contributed by atoms with van der Waals surface area (Å²) in [5, 5.41) is 16.7. The van der Waals surface area contributed by atoms with Crippen molar-refractivity contribution in [2.75, 3.05) is 6.61 Å². The minimum atomic E-state index is -1.05. The first-order valence-electron chi connectivity index (χ1n) is 10.0. The summed E-state index contributed by atoms with van der Waals surface area (Å²) >= 11 is 0. The SMILES string of the molecule is CC(=O)C1=NC=C(COC(=O)CCC(=O)O)C1.CC(=O)c1ncc(COC(=O)CCC(=O)O)[nH]1.Cl.Cl. The smallest absolute Gasteiger partial charge is 0.306 e. The van der Waals surface area contributed by atoms with Crippen LogP contribution < -0.4 is 0 Å². The highest BCUT2D eigenvalue weighted by atomic mass is 35.5. The Kier molecular flexibility index (Phi) is 17.1. The molecule has 36 heavy (non-hydrogen) atoms. The standard InChI is InChI=1S/C11H13NO5.C10H12N2O5.2ClH/c1-7(13)9-4-8(5-12-9)6-17-11(16)3-2-10(14)15;1-6(13)10-11-4-7(12-10)5-17-9(16)3-2-8(14)15;;/h5H,2-4,6H2,1H3,(H,14,15);4H,2-3,5H2,1H3,(H,11,12)(H,14,15);2*1H. The highest BCUT2D eigenvalue weighted by molar-refractivity contribution is 6.40. The number of H-pyrrole nitrogens is 1. The maximum absolute atomic E-state index is 11.1.